The molecule has 154 valence electrons. The zero-order chi connectivity index (χ0) is 21.7. The Hall–Kier alpha value is -3.49. The molecule has 0 unspecified atom stereocenters. The number of carbonyl (C=O) groups excluding carboxylic acids is 2. The predicted octanol–water partition coefficient (Wildman–Crippen LogP) is 3.07. The molecule has 0 aliphatic carbocycles. The van der Waals surface area contributed by atoms with Crippen LogP contribution in [-0.4, -0.2) is 26.4 Å². The van der Waals surface area contributed by atoms with Gasteiger partial charge in [-0.2, -0.15) is 0 Å². The maximum Gasteiger partial charge on any atom is 0.331 e. The van der Waals surface area contributed by atoms with Gasteiger partial charge in [0.15, 0.2) is 6.10 Å². The summed E-state index contributed by atoms with van der Waals surface area (Å²) in [5, 5.41) is 9.61. The zero-order valence-corrected chi connectivity index (χ0v) is 16.9. The second-order valence-corrected chi connectivity index (χ2v) is 8.10. The number of sulfonamides is 1. The van der Waals surface area contributed by atoms with Crippen LogP contribution in [0.4, 0.5) is 5.69 Å². The SMILES string of the molecule is C[C@H](OC(=O)/C=C/c1cccc2ccccc12)C(=O)Nc1cccc(S(N)(=O)=O)c1. The topological polar surface area (TPSA) is 116 Å². The molecule has 3 N–H and O–H groups in total. The highest BCUT2D eigenvalue weighted by molar-refractivity contribution is 7.89. The minimum Gasteiger partial charge on any atom is -0.449 e. The van der Waals surface area contributed by atoms with Gasteiger partial charge in [-0.15, -0.1) is 0 Å². The maximum atomic E-state index is 12.3. The van der Waals surface area contributed by atoms with Crippen LogP contribution in [0.25, 0.3) is 16.8 Å². The van der Waals surface area contributed by atoms with Crippen LogP contribution in [0.15, 0.2) is 77.7 Å². The first kappa shape index (κ1) is 21.2. The minimum absolute atomic E-state index is 0.136. The van der Waals surface area contributed by atoms with Gasteiger partial charge in [-0.3, -0.25) is 4.79 Å². The number of hydrogen-bond acceptors (Lipinski definition) is 5. The molecule has 8 heteroatoms. The Morgan fingerprint density at radius 1 is 1.03 bits per heavy atom. The molecular weight excluding hydrogens is 404 g/mol. The van der Waals surface area contributed by atoms with Crippen LogP contribution in [0.3, 0.4) is 0 Å². The van der Waals surface area contributed by atoms with Gasteiger partial charge < -0.3 is 10.1 Å². The van der Waals surface area contributed by atoms with Crippen molar-refractivity contribution < 1.29 is 22.7 Å². The Morgan fingerprint density at radius 3 is 2.50 bits per heavy atom. The average Bonchev–Trinajstić information content (AvgIpc) is 2.71. The van der Waals surface area contributed by atoms with Gasteiger partial charge in [-0.1, -0.05) is 48.5 Å². The van der Waals surface area contributed by atoms with E-state index in [0.29, 0.717) is 0 Å². The quantitative estimate of drug-likeness (QED) is 0.466. The largest absolute Gasteiger partial charge is 0.449 e. The van der Waals surface area contributed by atoms with E-state index in [0.717, 1.165) is 16.3 Å². The molecule has 0 aliphatic rings. The monoisotopic (exact) mass is 424 g/mol. The van der Waals surface area contributed by atoms with Gasteiger partial charge in [-0.25, -0.2) is 18.4 Å². The Kier molecular flexibility index (Phi) is 6.29. The van der Waals surface area contributed by atoms with Crippen LogP contribution in [0.1, 0.15) is 12.5 Å². The Balaban J connectivity index is 1.64. The van der Waals surface area contributed by atoms with Gasteiger partial charge in [0.1, 0.15) is 0 Å². The number of benzene rings is 3. The second-order valence-electron chi connectivity index (χ2n) is 6.54. The lowest BCUT2D eigenvalue weighted by molar-refractivity contribution is -0.148. The van der Waals surface area contributed by atoms with Gasteiger partial charge >= 0.3 is 5.97 Å². The van der Waals surface area contributed by atoms with Crippen LogP contribution < -0.4 is 10.5 Å². The second kappa shape index (κ2) is 8.89. The van der Waals surface area contributed by atoms with Crippen LogP contribution in [0, 0.1) is 0 Å². The lowest BCUT2D eigenvalue weighted by Gasteiger charge is -2.13. The molecule has 1 amide bonds. The number of ether oxygens (including phenoxy) is 1. The molecule has 0 aromatic heterocycles. The lowest BCUT2D eigenvalue weighted by atomic mass is 10.0. The summed E-state index contributed by atoms with van der Waals surface area (Å²) in [5.74, 6) is -1.28. The van der Waals surface area contributed by atoms with Gasteiger partial charge in [0.2, 0.25) is 10.0 Å². The highest BCUT2D eigenvalue weighted by Gasteiger charge is 2.17. The molecule has 1 atom stereocenters. The van der Waals surface area contributed by atoms with Crippen molar-refractivity contribution in [2.75, 3.05) is 5.32 Å². The predicted molar refractivity (Wildman–Crippen MR) is 115 cm³/mol. The first-order valence-electron chi connectivity index (χ1n) is 9.04. The van der Waals surface area contributed by atoms with Crippen LogP contribution in [0.5, 0.6) is 0 Å². The van der Waals surface area contributed by atoms with E-state index >= 15 is 0 Å². The molecule has 0 aliphatic heterocycles. The first-order chi connectivity index (χ1) is 14.2. The average molecular weight is 424 g/mol. The van der Waals surface area contributed by atoms with E-state index < -0.39 is 28.0 Å². The van der Waals surface area contributed by atoms with Crippen molar-refractivity contribution >= 4 is 44.4 Å². The van der Waals surface area contributed by atoms with Crippen LogP contribution in [-0.2, 0) is 24.3 Å². The summed E-state index contributed by atoms with van der Waals surface area (Å²) < 4.78 is 28.0. The zero-order valence-electron chi connectivity index (χ0n) is 16.1. The van der Waals surface area contributed by atoms with E-state index in [1.807, 2.05) is 42.5 Å². The van der Waals surface area contributed by atoms with Crippen molar-refractivity contribution in [1.29, 1.82) is 0 Å². The van der Waals surface area contributed by atoms with E-state index in [2.05, 4.69) is 5.32 Å². The van der Waals surface area contributed by atoms with E-state index in [9.17, 15) is 18.0 Å². The summed E-state index contributed by atoms with van der Waals surface area (Å²) in [4.78, 5) is 24.2. The number of esters is 1. The Bertz CT molecular complexity index is 1230. The molecule has 3 rings (SSSR count). The fraction of sp³-hybridized carbons (Fsp3) is 0.0909. The minimum atomic E-state index is -3.90. The highest BCUT2D eigenvalue weighted by atomic mass is 32.2. The first-order valence-corrected chi connectivity index (χ1v) is 10.6. The van der Waals surface area contributed by atoms with Gasteiger partial charge in [-0.05, 0) is 47.5 Å². The molecule has 0 bridgehead atoms. The van der Waals surface area contributed by atoms with Gasteiger partial charge in [0.25, 0.3) is 5.91 Å². The number of anilines is 1. The van der Waals surface area contributed by atoms with E-state index in [4.69, 9.17) is 9.88 Å². The van der Waals surface area contributed by atoms with Crippen molar-refractivity contribution in [3.05, 3.63) is 78.4 Å². The van der Waals surface area contributed by atoms with Crippen LogP contribution in [0.2, 0.25) is 0 Å². The number of hydrogen-bond donors (Lipinski definition) is 2. The summed E-state index contributed by atoms with van der Waals surface area (Å²) in [6, 6.07) is 19.0. The molecule has 0 saturated heterocycles. The molecule has 0 fully saturated rings. The van der Waals surface area contributed by atoms with E-state index in [1.54, 1.807) is 6.08 Å². The molecule has 30 heavy (non-hydrogen) atoms. The van der Waals surface area contributed by atoms with Crippen molar-refractivity contribution in [3.63, 3.8) is 0 Å². The normalized spacial score (nSPS) is 12.6. The summed E-state index contributed by atoms with van der Waals surface area (Å²) in [5.41, 5.74) is 1.07. The number of carbonyl (C=O) groups is 2. The Labute approximate surface area is 174 Å². The van der Waals surface area contributed by atoms with E-state index in [1.165, 1.54) is 37.3 Å². The van der Waals surface area contributed by atoms with Gasteiger partial charge in [0.05, 0.1) is 4.90 Å². The standard InChI is InChI=1S/C22H20N2O5S/c1-15(22(26)24-18-9-5-10-19(14-18)30(23,27)28)29-21(25)13-12-17-8-4-7-16-6-2-3-11-20(16)17/h2-15H,1H3,(H,24,26)(H2,23,27,28)/b13-12+/t15-/m0/s1. The summed E-state index contributed by atoms with van der Waals surface area (Å²) >= 11 is 0. The summed E-state index contributed by atoms with van der Waals surface area (Å²) in [7, 11) is -3.90. The fourth-order valence-corrected chi connectivity index (χ4v) is 3.37. The molecule has 3 aromatic carbocycles. The third-order valence-electron chi connectivity index (χ3n) is 4.31. The molecular formula is C22H20N2O5S. The van der Waals surface area contributed by atoms with Crippen molar-refractivity contribution in [2.45, 2.75) is 17.9 Å². The third-order valence-corrected chi connectivity index (χ3v) is 5.23. The lowest BCUT2D eigenvalue weighted by Crippen LogP contribution is -2.29. The third kappa shape index (κ3) is 5.31. The molecule has 0 saturated carbocycles. The highest BCUT2D eigenvalue weighted by Crippen LogP contribution is 2.20. The van der Waals surface area contributed by atoms with Crippen LogP contribution >= 0.6 is 0 Å². The number of nitrogens with two attached hydrogens (primary N) is 1. The van der Waals surface area contributed by atoms with Crippen molar-refractivity contribution in [3.8, 4) is 0 Å². The number of fused-ring (bicyclic) bond motifs is 1. The van der Waals surface area contributed by atoms with Gasteiger partial charge in [0, 0.05) is 11.8 Å². The summed E-state index contributed by atoms with van der Waals surface area (Å²) in [6.45, 7) is 1.42. The molecule has 3 aromatic rings. The smallest absolute Gasteiger partial charge is 0.331 e. The number of primary sulfonamides is 1. The van der Waals surface area contributed by atoms with Crippen molar-refractivity contribution in [1.82, 2.24) is 0 Å². The fourth-order valence-electron chi connectivity index (χ4n) is 2.82. The number of nitrogens with one attached hydrogen (secondary N) is 1. The van der Waals surface area contributed by atoms with E-state index in [-0.39, 0.29) is 10.6 Å². The molecule has 7 nitrogen and oxygen atoms in total. The molecule has 0 spiro atoms. The number of rotatable bonds is 6. The maximum absolute atomic E-state index is 12.3. The molecule has 0 heterocycles. The summed E-state index contributed by atoms with van der Waals surface area (Å²) in [6.07, 6.45) is 1.80. The molecule has 0 radical (unpaired) electrons. The van der Waals surface area contributed by atoms with Crippen molar-refractivity contribution in [2.24, 2.45) is 5.14 Å². The number of amides is 1. The Morgan fingerprint density at radius 2 is 1.73 bits per heavy atom.